The van der Waals surface area contributed by atoms with Crippen LogP contribution in [-0.2, 0) is 6.42 Å². The minimum absolute atomic E-state index is 0.849. The van der Waals surface area contributed by atoms with Gasteiger partial charge < -0.3 is 14.7 Å². The van der Waals surface area contributed by atoms with Gasteiger partial charge in [-0.2, -0.15) is 0 Å². The lowest BCUT2D eigenvalue weighted by Gasteiger charge is -2.37. The summed E-state index contributed by atoms with van der Waals surface area (Å²) in [5.41, 5.74) is 2.94. The van der Waals surface area contributed by atoms with E-state index in [2.05, 4.69) is 39.0 Å². The quantitative estimate of drug-likeness (QED) is 0.785. The second-order valence-corrected chi connectivity index (χ2v) is 8.63. The SMILES string of the molecule is c1cc(N2CCC(N3CCCC3)CC2)ccc1CCN1CCCCCC1. The lowest BCUT2D eigenvalue weighted by Crippen LogP contribution is -2.43. The molecule has 3 heteroatoms. The van der Waals surface area contributed by atoms with Crippen LogP contribution in [0.15, 0.2) is 24.3 Å². The number of anilines is 1. The van der Waals surface area contributed by atoms with Gasteiger partial charge in [-0.05, 0) is 88.8 Å². The van der Waals surface area contributed by atoms with Crippen molar-refractivity contribution in [3.05, 3.63) is 29.8 Å². The van der Waals surface area contributed by atoms with Crippen LogP contribution in [0.1, 0.15) is 56.9 Å². The highest BCUT2D eigenvalue weighted by Crippen LogP contribution is 2.25. The summed E-state index contributed by atoms with van der Waals surface area (Å²) in [6, 6.07) is 10.3. The van der Waals surface area contributed by atoms with Gasteiger partial charge in [-0.25, -0.2) is 0 Å². The van der Waals surface area contributed by atoms with Crippen LogP contribution in [0.4, 0.5) is 5.69 Å². The third kappa shape index (κ3) is 4.80. The molecule has 1 aromatic rings. The van der Waals surface area contributed by atoms with Gasteiger partial charge in [0.15, 0.2) is 0 Å². The van der Waals surface area contributed by atoms with Crippen molar-refractivity contribution < 1.29 is 0 Å². The molecule has 1 aromatic carbocycles. The summed E-state index contributed by atoms with van der Waals surface area (Å²) >= 11 is 0. The molecule has 3 aliphatic rings. The maximum atomic E-state index is 2.74. The molecule has 3 fully saturated rings. The summed E-state index contributed by atoms with van der Waals surface area (Å²) < 4.78 is 0. The summed E-state index contributed by atoms with van der Waals surface area (Å²) in [4.78, 5) is 8.01. The second-order valence-electron chi connectivity index (χ2n) is 8.63. The van der Waals surface area contributed by atoms with Gasteiger partial charge in [0.2, 0.25) is 0 Å². The summed E-state index contributed by atoms with van der Waals surface area (Å²) in [6.07, 6.45) is 12.4. The van der Waals surface area contributed by atoms with Crippen LogP contribution in [0.25, 0.3) is 0 Å². The Morgan fingerprint density at radius 3 is 1.96 bits per heavy atom. The molecule has 0 saturated carbocycles. The van der Waals surface area contributed by atoms with E-state index >= 15 is 0 Å². The number of benzene rings is 1. The smallest absolute Gasteiger partial charge is 0.0366 e. The fourth-order valence-corrected chi connectivity index (χ4v) is 5.12. The first-order valence-electron chi connectivity index (χ1n) is 11.2. The molecule has 0 aromatic heterocycles. The van der Waals surface area contributed by atoms with E-state index < -0.39 is 0 Å². The van der Waals surface area contributed by atoms with E-state index in [1.54, 1.807) is 0 Å². The molecule has 4 rings (SSSR count). The molecule has 26 heavy (non-hydrogen) atoms. The predicted octanol–water partition coefficient (Wildman–Crippen LogP) is 4.17. The highest BCUT2D eigenvalue weighted by atomic mass is 15.2. The van der Waals surface area contributed by atoms with Crippen LogP contribution in [0, 0.1) is 0 Å². The maximum absolute atomic E-state index is 2.74. The van der Waals surface area contributed by atoms with Gasteiger partial charge >= 0.3 is 0 Å². The molecular weight excluding hydrogens is 318 g/mol. The van der Waals surface area contributed by atoms with Crippen LogP contribution in [0.5, 0.6) is 0 Å². The zero-order valence-corrected chi connectivity index (χ0v) is 16.5. The highest BCUT2D eigenvalue weighted by Gasteiger charge is 2.26. The summed E-state index contributed by atoms with van der Waals surface area (Å²) in [7, 11) is 0. The van der Waals surface area contributed by atoms with Crippen molar-refractivity contribution in [3.63, 3.8) is 0 Å². The van der Waals surface area contributed by atoms with Gasteiger partial charge in [0.1, 0.15) is 0 Å². The Balaban J connectivity index is 1.24. The van der Waals surface area contributed by atoms with Crippen LogP contribution >= 0.6 is 0 Å². The molecule has 0 aliphatic carbocycles. The van der Waals surface area contributed by atoms with Gasteiger partial charge in [0.25, 0.3) is 0 Å². The molecule has 0 N–H and O–H groups in total. The molecule has 0 spiro atoms. The first-order chi connectivity index (χ1) is 12.9. The molecule has 0 bridgehead atoms. The second kappa shape index (κ2) is 9.23. The Morgan fingerprint density at radius 2 is 1.31 bits per heavy atom. The Hall–Kier alpha value is -1.06. The summed E-state index contributed by atoms with van der Waals surface area (Å²) in [5, 5.41) is 0. The summed E-state index contributed by atoms with van der Waals surface area (Å²) in [6.45, 7) is 9.00. The van der Waals surface area contributed by atoms with Crippen molar-refractivity contribution in [2.24, 2.45) is 0 Å². The van der Waals surface area contributed by atoms with E-state index in [4.69, 9.17) is 0 Å². The molecule has 144 valence electrons. The van der Waals surface area contributed by atoms with Crippen LogP contribution in [0.2, 0.25) is 0 Å². The fraction of sp³-hybridized carbons (Fsp3) is 0.739. The maximum Gasteiger partial charge on any atom is 0.0366 e. The van der Waals surface area contributed by atoms with Crippen molar-refractivity contribution in [1.82, 2.24) is 9.80 Å². The molecule has 3 nitrogen and oxygen atoms in total. The number of rotatable bonds is 5. The number of piperidine rings is 1. The van der Waals surface area contributed by atoms with Crippen molar-refractivity contribution in [3.8, 4) is 0 Å². The number of hydrogen-bond acceptors (Lipinski definition) is 3. The molecule has 0 atom stereocenters. The van der Waals surface area contributed by atoms with Crippen LogP contribution < -0.4 is 4.90 Å². The van der Waals surface area contributed by atoms with Crippen molar-refractivity contribution >= 4 is 5.69 Å². The molecule has 0 radical (unpaired) electrons. The van der Waals surface area contributed by atoms with Crippen molar-refractivity contribution in [2.75, 3.05) is 50.7 Å². The van der Waals surface area contributed by atoms with Gasteiger partial charge in [0.05, 0.1) is 0 Å². The van der Waals surface area contributed by atoms with E-state index in [0.717, 1.165) is 6.04 Å². The Labute approximate surface area is 160 Å². The average molecular weight is 356 g/mol. The van der Waals surface area contributed by atoms with E-state index in [-0.39, 0.29) is 0 Å². The van der Waals surface area contributed by atoms with Crippen molar-refractivity contribution in [1.29, 1.82) is 0 Å². The van der Waals surface area contributed by atoms with E-state index in [1.165, 1.54) is 115 Å². The van der Waals surface area contributed by atoms with Gasteiger partial charge in [-0.15, -0.1) is 0 Å². The third-order valence-electron chi connectivity index (χ3n) is 6.84. The lowest BCUT2D eigenvalue weighted by molar-refractivity contribution is 0.208. The Morgan fingerprint density at radius 1 is 0.692 bits per heavy atom. The Bertz CT molecular complexity index is 519. The molecule has 3 aliphatic heterocycles. The van der Waals surface area contributed by atoms with E-state index in [1.807, 2.05) is 0 Å². The van der Waals surface area contributed by atoms with Crippen molar-refractivity contribution in [2.45, 2.75) is 63.8 Å². The summed E-state index contributed by atoms with van der Waals surface area (Å²) in [5.74, 6) is 0. The predicted molar refractivity (Wildman–Crippen MR) is 111 cm³/mol. The Kier molecular flexibility index (Phi) is 6.50. The molecule has 0 amide bonds. The third-order valence-corrected chi connectivity index (χ3v) is 6.84. The normalized spacial score (nSPS) is 24.1. The molecule has 0 unspecified atom stereocenters. The monoisotopic (exact) mass is 355 g/mol. The molecule has 3 heterocycles. The zero-order chi connectivity index (χ0) is 17.6. The van der Waals surface area contributed by atoms with Gasteiger partial charge in [0, 0.05) is 31.4 Å². The first-order valence-corrected chi connectivity index (χ1v) is 11.2. The topological polar surface area (TPSA) is 9.72 Å². The number of nitrogens with zero attached hydrogens (tertiary/aromatic N) is 3. The number of likely N-dealkylation sites (tertiary alicyclic amines) is 2. The van der Waals surface area contributed by atoms with E-state index in [9.17, 15) is 0 Å². The number of hydrogen-bond donors (Lipinski definition) is 0. The zero-order valence-electron chi connectivity index (χ0n) is 16.5. The average Bonchev–Trinajstić information content (AvgIpc) is 3.11. The van der Waals surface area contributed by atoms with Crippen LogP contribution in [0.3, 0.4) is 0 Å². The fourth-order valence-electron chi connectivity index (χ4n) is 5.12. The molecular formula is C23H37N3. The first kappa shape index (κ1) is 18.3. The standard InChI is InChI=1S/C23H37N3/c1-2-4-15-24(14-3-1)18-11-21-7-9-22(10-8-21)26-19-12-23(13-20-26)25-16-5-6-17-25/h7-10,23H,1-6,11-20H2. The largest absolute Gasteiger partial charge is 0.371 e. The minimum Gasteiger partial charge on any atom is -0.371 e. The molecule has 3 saturated heterocycles. The van der Waals surface area contributed by atoms with Gasteiger partial charge in [-0.3, -0.25) is 0 Å². The van der Waals surface area contributed by atoms with E-state index in [0.29, 0.717) is 0 Å². The van der Waals surface area contributed by atoms with Gasteiger partial charge in [-0.1, -0.05) is 25.0 Å². The highest BCUT2D eigenvalue weighted by molar-refractivity contribution is 5.48. The lowest BCUT2D eigenvalue weighted by atomic mass is 10.0. The van der Waals surface area contributed by atoms with Crippen LogP contribution in [-0.4, -0.2) is 61.7 Å². The minimum atomic E-state index is 0.849.